The quantitative estimate of drug-likeness (QED) is 0.805. The van der Waals surface area contributed by atoms with Gasteiger partial charge in [0.15, 0.2) is 0 Å². The topological polar surface area (TPSA) is 84.4 Å². The first-order valence-electron chi connectivity index (χ1n) is 8.45. The van der Waals surface area contributed by atoms with Crippen LogP contribution in [0.2, 0.25) is 0 Å². The molecular formula is C17H20F2N4O3S. The van der Waals surface area contributed by atoms with Crippen molar-refractivity contribution >= 4 is 15.8 Å². The third-order valence-corrected chi connectivity index (χ3v) is 6.21. The van der Waals surface area contributed by atoms with E-state index < -0.39 is 16.6 Å². The zero-order chi connectivity index (χ0) is 19.4. The van der Waals surface area contributed by atoms with Gasteiger partial charge in [0, 0.05) is 30.9 Å². The fraction of sp³-hybridized carbons (Fsp3) is 0.412. The Hall–Kier alpha value is -2.33. The lowest BCUT2D eigenvalue weighted by molar-refractivity contribution is -0.0498. The molecule has 1 N–H and O–H groups in total. The molecule has 1 saturated heterocycles. The molecule has 3 rings (SSSR count). The summed E-state index contributed by atoms with van der Waals surface area (Å²) in [4.78, 5) is 8.26. The van der Waals surface area contributed by atoms with E-state index in [4.69, 9.17) is 0 Å². The number of aromatic nitrogens is 2. The number of sulfonamides is 1. The molecule has 0 atom stereocenters. The Morgan fingerprint density at radius 2 is 1.85 bits per heavy atom. The molecule has 1 aromatic heterocycles. The van der Waals surface area contributed by atoms with Crippen LogP contribution in [0.1, 0.15) is 18.5 Å². The van der Waals surface area contributed by atoms with E-state index in [1.807, 2.05) is 13.0 Å². The third kappa shape index (κ3) is 4.89. The predicted molar refractivity (Wildman–Crippen MR) is 95.2 cm³/mol. The molecular weight excluding hydrogens is 378 g/mol. The minimum absolute atomic E-state index is 0.0574. The summed E-state index contributed by atoms with van der Waals surface area (Å²) in [5.74, 6) is 0.644. The van der Waals surface area contributed by atoms with Gasteiger partial charge in [0.05, 0.1) is 4.90 Å². The number of hydrogen-bond acceptors (Lipinski definition) is 6. The molecule has 10 heteroatoms. The molecule has 2 heterocycles. The highest BCUT2D eigenvalue weighted by molar-refractivity contribution is 7.89. The molecule has 0 spiro atoms. The number of nitrogens with one attached hydrogen (secondary N) is 1. The highest BCUT2D eigenvalue weighted by Crippen LogP contribution is 2.24. The smallest absolute Gasteiger partial charge is 0.387 e. The largest absolute Gasteiger partial charge is 0.435 e. The lowest BCUT2D eigenvalue weighted by Gasteiger charge is -2.31. The average Bonchev–Trinajstić information content (AvgIpc) is 2.62. The number of nitrogens with zero attached hydrogens (tertiary/aromatic N) is 3. The molecule has 0 saturated carbocycles. The Morgan fingerprint density at radius 1 is 1.19 bits per heavy atom. The van der Waals surface area contributed by atoms with E-state index in [9.17, 15) is 17.2 Å². The minimum atomic E-state index is -3.67. The maximum atomic E-state index is 12.7. The fourth-order valence-electron chi connectivity index (χ4n) is 2.93. The fourth-order valence-corrected chi connectivity index (χ4v) is 4.39. The first-order chi connectivity index (χ1) is 12.8. The van der Waals surface area contributed by atoms with Gasteiger partial charge in [-0.1, -0.05) is 0 Å². The summed E-state index contributed by atoms with van der Waals surface area (Å²) in [5, 5.41) is 3.30. The number of hydrogen-bond donors (Lipinski definition) is 1. The van der Waals surface area contributed by atoms with Crippen molar-refractivity contribution in [2.75, 3.05) is 18.4 Å². The van der Waals surface area contributed by atoms with Crippen LogP contribution in [0.3, 0.4) is 0 Å². The summed E-state index contributed by atoms with van der Waals surface area (Å²) >= 11 is 0. The van der Waals surface area contributed by atoms with Crippen LogP contribution in [0.15, 0.2) is 41.6 Å². The van der Waals surface area contributed by atoms with Gasteiger partial charge in [0.2, 0.25) is 10.0 Å². The number of aryl methyl sites for hydroxylation is 1. The number of halogens is 2. The normalized spacial score (nSPS) is 16.4. The van der Waals surface area contributed by atoms with E-state index in [1.165, 1.54) is 34.9 Å². The zero-order valence-electron chi connectivity index (χ0n) is 14.7. The summed E-state index contributed by atoms with van der Waals surface area (Å²) in [6.45, 7) is -0.351. The molecule has 0 aliphatic carbocycles. The number of anilines is 1. The Balaban J connectivity index is 1.60. The van der Waals surface area contributed by atoms with Crippen LogP contribution in [0.25, 0.3) is 0 Å². The van der Waals surface area contributed by atoms with Crippen molar-refractivity contribution in [2.24, 2.45) is 0 Å². The molecule has 0 unspecified atom stereocenters. The summed E-state index contributed by atoms with van der Waals surface area (Å²) in [7, 11) is -3.67. The third-order valence-electron chi connectivity index (χ3n) is 4.30. The van der Waals surface area contributed by atoms with E-state index in [0.29, 0.717) is 25.9 Å². The number of piperidine rings is 1. The van der Waals surface area contributed by atoms with Gasteiger partial charge in [-0.05, 0) is 44.0 Å². The lowest BCUT2D eigenvalue weighted by atomic mass is 10.1. The van der Waals surface area contributed by atoms with Crippen molar-refractivity contribution in [2.45, 2.75) is 37.3 Å². The monoisotopic (exact) mass is 398 g/mol. The van der Waals surface area contributed by atoms with E-state index in [2.05, 4.69) is 20.0 Å². The van der Waals surface area contributed by atoms with Crippen molar-refractivity contribution in [3.8, 4) is 5.75 Å². The second kappa shape index (κ2) is 8.13. The maximum absolute atomic E-state index is 12.7. The molecule has 0 bridgehead atoms. The van der Waals surface area contributed by atoms with Gasteiger partial charge >= 0.3 is 6.61 Å². The van der Waals surface area contributed by atoms with Crippen molar-refractivity contribution < 1.29 is 21.9 Å². The van der Waals surface area contributed by atoms with Crippen LogP contribution in [0.5, 0.6) is 5.75 Å². The van der Waals surface area contributed by atoms with Gasteiger partial charge in [-0.2, -0.15) is 13.1 Å². The van der Waals surface area contributed by atoms with Crippen LogP contribution >= 0.6 is 0 Å². The van der Waals surface area contributed by atoms with E-state index >= 15 is 0 Å². The zero-order valence-corrected chi connectivity index (χ0v) is 15.5. The number of alkyl halides is 2. The Kier molecular flexibility index (Phi) is 5.85. The first-order valence-corrected chi connectivity index (χ1v) is 9.89. The summed E-state index contributed by atoms with van der Waals surface area (Å²) in [5.41, 5.74) is 0.854. The van der Waals surface area contributed by atoms with Gasteiger partial charge in [-0.25, -0.2) is 18.4 Å². The standard InChI is InChI=1S/C17H20F2N4O3S/c1-12-10-16(21-11-20-12)22-13-6-8-23(9-7-13)27(24,25)15-4-2-14(3-5-15)26-17(18)19/h2-5,10-11,13,17H,6-9H2,1H3,(H,20,21,22). The molecule has 1 aliphatic heterocycles. The second-order valence-corrected chi connectivity index (χ2v) is 8.16. The van der Waals surface area contributed by atoms with Gasteiger partial charge in [-0.15, -0.1) is 0 Å². The Bertz CT molecular complexity index is 870. The van der Waals surface area contributed by atoms with Crippen LogP contribution in [0, 0.1) is 6.92 Å². The maximum Gasteiger partial charge on any atom is 0.387 e. The van der Waals surface area contributed by atoms with Crippen molar-refractivity contribution in [3.05, 3.63) is 42.4 Å². The van der Waals surface area contributed by atoms with Crippen molar-refractivity contribution in [3.63, 3.8) is 0 Å². The van der Waals surface area contributed by atoms with Gasteiger partial charge in [0.25, 0.3) is 0 Å². The van der Waals surface area contributed by atoms with Gasteiger partial charge in [-0.3, -0.25) is 0 Å². The molecule has 1 aromatic carbocycles. The SMILES string of the molecule is Cc1cc(NC2CCN(S(=O)(=O)c3ccc(OC(F)F)cc3)CC2)ncn1. The number of ether oxygens (including phenoxy) is 1. The highest BCUT2D eigenvalue weighted by Gasteiger charge is 2.29. The van der Waals surface area contributed by atoms with Crippen LogP contribution in [0.4, 0.5) is 14.6 Å². The molecule has 146 valence electrons. The van der Waals surface area contributed by atoms with Crippen molar-refractivity contribution in [1.29, 1.82) is 0 Å². The number of rotatable bonds is 6. The molecule has 0 amide bonds. The Morgan fingerprint density at radius 3 is 2.44 bits per heavy atom. The van der Waals surface area contributed by atoms with Crippen LogP contribution < -0.4 is 10.1 Å². The molecule has 2 aromatic rings. The van der Waals surface area contributed by atoms with Gasteiger partial charge in [0.1, 0.15) is 17.9 Å². The molecule has 1 aliphatic rings. The van der Waals surface area contributed by atoms with E-state index in [-0.39, 0.29) is 16.7 Å². The molecule has 1 fully saturated rings. The number of benzene rings is 1. The summed E-state index contributed by atoms with van der Waals surface area (Å²) < 4.78 is 55.5. The van der Waals surface area contributed by atoms with Gasteiger partial charge < -0.3 is 10.1 Å². The van der Waals surface area contributed by atoms with E-state index in [0.717, 1.165) is 11.5 Å². The minimum Gasteiger partial charge on any atom is -0.435 e. The Labute approximate surface area is 156 Å². The molecule has 0 radical (unpaired) electrons. The predicted octanol–water partition coefficient (Wildman–Crippen LogP) is 2.65. The van der Waals surface area contributed by atoms with E-state index in [1.54, 1.807) is 0 Å². The summed E-state index contributed by atoms with van der Waals surface area (Å²) in [6.07, 6.45) is 2.75. The highest BCUT2D eigenvalue weighted by atomic mass is 32.2. The van der Waals surface area contributed by atoms with Crippen LogP contribution in [-0.2, 0) is 10.0 Å². The van der Waals surface area contributed by atoms with Crippen molar-refractivity contribution in [1.82, 2.24) is 14.3 Å². The second-order valence-electron chi connectivity index (χ2n) is 6.22. The summed E-state index contributed by atoms with van der Waals surface area (Å²) in [6, 6.07) is 6.97. The molecule has 27 heavy (non-hydrogen) atoms. The van der Waals surface area contributed by atoms with Crippen LogP contribution in [-0.4, -0.2) is 48.4 Å². The first kappa shape index (κ1) is 19.4. The molecule has 7 nitrogen and oxygen atoms in total. The average molecular weight is 398 g/mol. The lowest BCUT2D eigenvalue weighted by Crippen LogP contribution is -2.42.